The molecule has 3 aromatic heterocycles. The summed E-state index contributed by atoms with van der Waals surface area (Å²) in [7, 11) is 5.33. The van der Waals surface area contributed by atoms with Gasteiger partial charge in [-0.15, -0.1) is 0 Å². The number of hydrogen-bond acceptors (Lipinski definition) is 5. The van der Waals surface area contributed by atoms with Crippen LogP contribution in [0.5, 0.6) is 5.75 Å². The van der Waals surface area contributed by atoms with E-state index in [1.807, 2.05) is 20.3 Å². The minimum atomic E-state index is 0.173. The monoisotopic (exact) mass is 488 g/mol. The first-order valence-corrected chi connectivity index (χ1v) is 12.7. The van der Waals surface area contributed by atoms with Crippen LogP contribution in [-0.4, -0.2) is 76.1 Å². The molecular weight excluding hydrogens is 452 g/mol. The average molecular weight is 489 g/mol. The number of nitrogens with one attached hydrogen (secondary N) is 1. The number of aromatic nitrogens is 4. The highest BCUT2D eigenvalue weighted by molar-refractivity contribution is 5.93. The zero-order valence-electron chi connectivity index (χ0n) is 22.1. The number of fused-ring (bicyclic) bond motifs is 2. The van der Waals surface area contributed by atoms with Crippen LogP contribution in [-0.2, 0) is 4.79 Å². The van der Waals surface area contributed by atoms with Crippen LogP contribution in [0.4, 0.5) is 0 Å². The predicted molar refractivity (Wildman–Crippen MR) is 143 cm³/mol. The van der Waals surface area contributed by atoms with Crippen molar-refractivity contribution >= 4 is 22.5 Å². The van der Waals surface area contributed by atoms with Crippen LogP contribution in [0.2, 0.25) is 0 Å². The molecule has 190 valence electrons. The highest BCUT2D eigenvalue weighted by atomic mass is 16.5. The van der Waals surface area contributed by atoms with Crippen LogP contribution in [0.3, 0.4) is 0 Å². The number of rotatable bonds is 6. The Morgan fingerprint density at radius 2 is 2.00 bits per heavy atom. The largest absolute Gasteiger partial charge is 0.492 e. The molecule has 0 unspecified atom stereocenters. The number of carbonyl (C=O) groups excluding carboxylic acids is 1. The quantitative estimate of drug-likeness (QED) is 0.430. The second-order valence-electron chi connectivity index (χ2n) is 10.4. The smallest absolute Gasteiger partial charge is 0.236 e. The molecule has 1 aliphatic heterocycles. The standard InChI is InChI=1S/C28H36N6O2/c1-17(2)25-21-13-20(19-9-11-33(12-10-19)15-24(35)32(4)5)7-8-23(21)31-26(25)22-14-34-28(29-16-30-34)27(36-6)18(22)3/h7-8,13-14,16-17,19,31H,9-12,15H2,1-6H3. The highest BCUT2D eigenvalue weighted by Gasteiger charge is 2.25. The van der Waals surface area contributed by atoms with Gasteiger partial charge in [-0.25, -0.2) is 9.50 Å². The molecule has 0 bridgehead atoms. The molecule has 5 rings (SSSR count). The first kappa shape index (κ1) is 24.3. The van der Waals surface area contributed by atoms with E-state index >= 15 is 0 Å². The Balaban J connectivity index is 1.50. The average Bonchev–Trinajstić information content (AvgIpc) is 3.48. The molecule has 1 aliphatic rings. The molecule has 4 aromatic rings. The third-order valence-corrected chi connectivity index (χ3v) is 7.60. The molecule has 0 atom stereocenters. The second kappa shape index (κ2) is 9.58. The summed E-state index contributed by atoms with van der Waals surface area (Å²) in [5.41, 5.74) is 7.80. The summed E-state index contributed by atoms with van der Waals surface area (Å²) in [5.74, 6) is 1.76. The fourth-order valence-corrected chi connectivity index (χ4v) is 5.57. The maximum absolute atomic E-state index is 12.1. The molecule has 0 spiro atoms. The molecule has 1 aromatic carbocycles. The van der Waals surface area contributed by atoms with Crippen molar-refractivity contribution in [2.45, 2.75) is 45.4 Å². The van der Waals surface area contributed by atoms with Gasteiger partial charge in [-0.05, 0) is 68.0 Å². The first-order valence-electron chi connectivity index (χ1n) is 12.7. The van der Waals surface area contributed by atoms with Gasteiger partial charge in [-0.1, -0.05) is 19.9 Å². The number of methoxy groups -OCH3 is 1. The van der Waals surface area contributed by atoms with Crippen molar-refractivity contribution < 1.29 is 9.53 Å². The van der Waals surface area contributed by atoms with Gasteiger partial charge in [-0.3, -0.25) is 9.69 Å². The van der Waals surface area contributed by atoms with Crippen LogP contribution in [0, 0.1) is 6.92 Å². The minimum absolute atomic E-state index is 0.173. The van der Waals surface area contributed by atoms with Crippen molar-refractivity contribution in [1.82, 2.24) is 29.4 Å². The molecule has 8 nitrogen and oxygen atoms in total. The van der Waals surface area contributed by atoms with Crippen molar-refractivity contribution in [3.63, 3.8) is 0 Å². The lowest BCUT2D eigenvalue weighted by Crippen LogP contribution is -2.40. The number of piperidine rings is 1. The third-order valence-electron chi connectivity index (χ3n) is 7.60. The normalized spacial score (nSPS) is 15.3. The number of nitrogens with zero attached hydrogens (tertiary/aromatic N) is 5. The molecule has 8 heteroatoms. The lowest BCUT2D eigenvalue weighted by molar-refractivity contribution is -0.130. The van der Waals surface area contributed by atoms with Gasteiger partial charge in [0.05, 0.1) is 19.3 Å². The number of hydrogen-bond donors (Lipinski definition) is 1. The summed E-state index contributed by atoms with van der Waals surface area (Å²) in [6.45, 7) is 9.00. The number of carbonyl (C=O) groups is 1. The van der Waals surface area contributed by atoms with Crippen molar-refractivity contribution in [3.05, 3.63) is 47.4 Å². The molecule has 0 aliphatic carbocycles. The van der Waals surface area contributed by atoms with Gasteiger partial charge in [0.15, 0.2) is 11.4 Å². The Bertz CT molecular complexity index is 1410. The van der Waals surface area contributed by atoms with Crippen LogP contribution in [0.25, 0.3) is 27.8 Å². The number of likely N-dealkylation sites (N-methyl/N-ethyl adjacent to an activating group) is 1. The van der Waals surface area contributed by atoms with Crippen molar-refractivity contribution in [3.8, 4) is 17.0 Å². The number of benzene rings is 1. The van der Waals surface area contributed by atoms with Crippen molar-refractivity contribution in [1.29, 1.82) is 0 Å². The summed E-state index contributed by atoms with van der Waals surface area (Å²) in [5, 5.41) is 5.65. The molecular formula is C28H36N6O2. The number of amides is 1. The van der Waals surface area contributed by atoms with E-state index in [1.54, 1.807) is 22.9 Å². The lowest BCUT2D eigenvalue weighted by atomic mass is 9.87. The summed E-state index contributed by atoms with van der Waals surface area (Å²) in [4.78, 5) is 24.2. The Labute approximate surface area is 212 Å². The van der Waals surface area contributed by atoms with Crippen LogP contribution < -0.4 is 4.74 Å². The fourth-order valence-electron chi connectivity index (χ4n) is 5.57. The summed E-state index contributed by atoms with van der Waals surface area (Å²) < 4.78 is 7.52. The number of pyridine rings is 1. The number of ether oxygens (including phenoxy) is 1. The molecule has 0 radical (unpaired) electrons. The summed E-state index contributed by atoms with van der Waals surface area (Å²) in [6.07, 6.45) is 5.74. The fraction of sp³-hybridized carbons (Fsp3) is 0.464. The molecule has 1 N–H and O–H groups in total. The SMILES string of the molecule is COc1c(C)c(-c2[nH]c3ccc(C4CCN(CC(=O)N(C)C)CC4)cc3c2C(C)C)cn2ncnc12. The molecule has 36 heavy (non-hydrogen) atoms. The highest BCUT2D eigenvalue weighted by Crippen LogP contribution is 2.41. The van der Waals surface area contributed by atoms with Gasteiger partial charge in [-0.2, -0.15) is 5.10 Å². The van der Waals surface area contributed by atoms with Gasteiger partial charge >= 0.3 is 0 Å². The van der Waals surface area contributed by atoms with E-state index < -0.39 is 0 Å². The van der Waals surface area contributed by atoms with Gasteiger partial charge in [0.25, 0.3) is 0 Å². The van der Waals surface area contributed by atoms with Gasteiger partial charge in [0.2, 0.25) is 5.91 Å². The van der Waals surface area contributed by atoms with Gasteiger partial charge < -0.3 is 14.6 Å². The van der Waals surface area contributed by atoms with Crippen LogP contribution in [0.1, 0.15) is 55.2 Å². The maximum atomic E-state index is 12.1. The van der Waals surface area contributed by atoms with Gasteiger partial charge in [0.1, 0.15) is 6.33 Å². The molecule has 1 amide bonds. The Kier molecular flexibility index (Phi) is 6.47. The van der Waals surface area contributed by atoms with E-state index in [9.17, 15) is 4.79 Å². The summed E-state index contributed by atoms with van der Waals surface area (Å²) in [6, 6.07) is 6.88. The molecule has 1 fully saturated rings. The van der Waals surface area contributed by atoms with E-state index in [0.717, 1.165) is 59.7 Å². The van der Waals surface area contributed by atoms with E-state index in [1.165, 1.54) is 16.5 Å². The van der Waals surface area contributed by atoms with E-state index in [0.29, 0.717) is 18.4 Å². The molecule has 4 heterocycles. The van der Waals surface area contributed by atoms with Crippen molar-refractivity contribution in [2.75, 3.05) is 40.8 Å². The van der Waals surface area contributed by atoms with E-state index in [4.69, 9.17) is 4.74 Å². The van der Waals surface area contributed by atoms with E-state index in [-0.39, 0.29) is 5.91 Å². The number of aromatic amines is 1. The number of H-pyrrole nitrogens is 1. The Morgan fingerprint density at radius 3 is 2.67 bits per heavy atom. The van der Waals surface area contributed by atoms with Crippen LogP contribution in [0.15, 0.2) is 30.7 Å². The second-order valence-corrected chi connectivity index (χ2v) is 10.4. The Hall–Kier alpha value is -3.39. The predicted octanol–water partition coefficient (Wildman–Crippen LogP) is 4.59. The van der Waals surface area contributed by atoms with Crippen LogP contribution >= 0.6 is 0 Å². The van der Waals surface area contributed by atoms with Gasteiger partial charge in [0, 0.05) is 42.3 Å². The molecule has 0 saturated carbocycles. The zero-order chi connectivity index (χ0) is 25.6. The topological polar surface area (TPSA) is 78.8 Å². The Morgan fingerprint density at radius 1 is 1.25 bits per heavy atom. The van der Waals surface area contributed by atoms with Crippen molar-refractivity contribution in [2.24, 2.45) is 0 Å². The zero-order valence-corrected chi connectivity index (χ0v) is 22.1. The first-order chi connectivity index (χ1) is 17.3. The number of likely N-dealkylation sites (tertiary alicyclic amines) is 1. The lowest BCUT2D eigenvalue weighted by Gasteiger charge is -2.32. The molecule has 1 saturated heterocycles. The maximum Gasteiger partial charge on any atom is 0.236 e. The third kappa shape index (κ3) is 4.23. The summed E-state index contributed by atoms with van der Waals surface area (Å²) >= 11 is 0. The minimum Gasteiger partial charge on any atom is -0.492 e. The van der Waals surface area contributed by atoms with E-state index in [2.05, 4.69) is 58.9 Å².